The molecule has 0 aliphatic rings. The summed E-state index contributed by atoms with van der Waals surface area (Å²) in [6, 6.07) is 5.20. The molecule has 1 atom stereocenters. The highest BCUT2D eigenvalue weighted by molar-refractivity contribution is 6.33. The fourth-order valence-electron chi connectivity index (χ4n) is 1.56. The molecule has 100 valence electrons. The number of carbonyl (C=O) groups is 1. The molecule has 0 saturated heterocycles. The molecule has 0 aliphatic carbocycles. The van der Waals surface area contributed by atoms with Crippen LogP contribution in [0.4, 0.5) is 5.69 Å². The summed E-state index contributed by atoms with van der Waals surface area (Å²) < 4.78 is 4.96. The van der Waals surface area contributed by atoms with E-state index in [2.05, 4.69) is 5.32 Å². The van der Waals surface area contributed by atoms with E-state index in [9.17, 15) is 4.79 Å². The lowest BCUT2D eigenvalue weighted by Gasteiger charge is -2.17. The standard InChI is InChI=1S/C13H17Cl2NO2/c1-3-10-5-4-6-11(15)12(10)16-9(2)13(17)18-8-7-14/h4-6,9,16H,3,7-8H2,1-2H3/t9-/m0/s1. The number of aryl methyl sites for hydroxylation is 1. The summed E-state index contributed by atoms with van der Waals surface area (Å²) in [4.78, 5) is 11.6. The van der Waals surface area contributed by atoms with Gasteiger partial charge in [0.2, 0.25) is 0 Å². The van der Waals surface area contributed by atoms with Gasteiger partial charge in [-0.3, -0.25) is 0 Å². The summed E-state index contributed by atoms with van der Waals surface area (Å²) in [5, 5.41) is 3.69. The van der Waals surface area contributed by atoms with Crippen LogP contribution >= 0.6 is 23.2 Å². The van der Waals surface area contributed by atoms with Crippen molar-refractivity contribution in [3.8, 4) is 0 Å². The summed E-state index contributed by atoms with van der Waals surface area (Å²) in [6.45, 7) is 3.99. The summed E-state index contributed by atoms with van der Waals surface area (Å²) in [5.74, 6) is -0.0391. The Morgan fingerprint density at radius 2 is 2.22 bits per heavy atom. The van der Waals surface area contributed by atoms with E-state index in [0.29, 0.717) is 10.9 Å². The molecule has 0 saturated carbocycles. The number of hydrogen-bond acceptors (Lipinski definition) is 3. The molecular formula is C13H17Cl2NO2. The van der Waals surface area contributed by atoms with Crippen LogP contribution in [-0.2, 0) is 16.0 Å². The number of esters is 1. The molecule has 0 heterocycles. The maximum atomic E-state index is 11.6. The third kappa shape index (κ3) is 4.07. The van der Waals surface area contributed by atoms with Crippen LogP contribution in [0.1, 0.15) is 19.4 Å². The van der Waals surface area contributed by atoms with Gasteiger partial charge in [0.1, 0.15) is 12.6 Å². The quantitative estimate of drug-likeness (QED) is 0.644. The summed E-state index contributed by atoms with van der Waals surface area (Å²) in [6.07, 6.45) is 0.840. The van der Waals surface area contributed by atoms with Crippen molar-refractivity contribution in [2.75, 3.05) is 17.8 Å². The highest BCUT2D eigenvalue weighted by Crippen LogP contribution is 2.27. The number of anilines is 1. The van der Waals surface area contributed by atoms with E-state index in [0.717, 1.165) is 17.7 Å². The number of alkyl halides is 1. The number of rotatable bonds is 6. The van der Waals surface area contributed by atoms with Gasteiger partial charge in [-0.05, 0) is 25.0 Å². The summed E-state index contributed by atoms with van der Waals surface area (Å²) in [7, 11) is 0. The third-order valence-corrected chi connectivity index (χ3v) is 2.99. The Balaban J connectivity index is 2.75. The molecule has 3 nitrogen and oxygen atoms in total. The molecule has 0 unspecified atom stereocenters. The largest absolute Gasteiger partial charge is 0.463 e. The van der Waals surface area contributed by atoms with Crippen LogP contribution in [0.3, 0.4) is 0 Å². The Labute approximate surface area is 117 Å². The topological polar surface area (TPSA) is 38.3 Å². The van der Waals surface area contributed by atoms with Gasteiger partial charge in [0, 0.05) is 0 Å². The first-order valence-electron chi connectivity index (χ1n) is 5.86. The molecule has 18 heavy (non-hydrogen) atoms. The highest BCUT2D eigenvalue weighted by Gasteiger charge is 2.16. The zero-order valence-corrected chi connectivity index (χ0v) is 12.0. The van der Waals surface area contributed by atoms with E-state index in [-0.39, 0.29) is 12.6 Å². The Kier molecular flexibility index (Phi) is 6.30. The summed E-state index contributed by atoms with van der Waals surface area (Å²) >= 11 is 11.6. The van der Waals surface area contributed by atoms with Gasteiger partial charge in [-0.15, -0.1) is 11.6 Å². The second-order valence-corrected chi connectivity index (χ2v) is 4.64. The normalized spacial score (nSPS) is 12.0. The van der Waals surface area contributed by atoms with Crippen molar-refractivity contribution < 1.29 is 9.53 Å². The first-order chi connectivity index (χ1) is 8.60. The molecule has 0 aromatic heterocycles. The van der Waals surface area contributed by atoms with Crippen molar-refractivity contribution in [3.05, 3.63) is 28.8 Å². The average Bonchev–Trinajstić information content (AvgIpc) is 2.38. The Morgan fingerprint density at radius 3 is 2.83 bits per heavy atom. The zero-order chi connectivity index (χ0) is 13.5. The third-order valence-electron chi connectivity index (χ3n) is 2.52. The van der Waals surface area contributed by atoms with Crippen molar-refractivity contribution in [3.63, 3.8) is 0 Å². The molecule has 0 bridgehead atoms. The monoisotopic (exact) mass is 289 g/mol. The van der Waals surface area contributed by atoms with Crippen molar-refractivity contribution in [2.45, 2.75) is 26.3 Å². The lowest BCUT2D eigenvalue weighted by molar-refractivity contribution is -0.143. The van der Waals surface area contributed by atoms with Gasteiger partial charge in [0.15, 0.2) is 0 Å². The van der Waals surface area contributed by atoms with Gasteiger partial charge in [-0.25, -0.2) is 4.79 Å². The second kappa shape index (κ2) is 7.49. The highest BCUT2D eigenvalue weighted by atomic mass is 35.5. The lowest BCUT2D eigenvalue weighted by Crippen LogP contribution is -2.29. The Bertz CT molecular complexity index is 410. The number of hydrogen-bond donors (Lipinski definition) is 1. The van der Waals surface area contributed by atoms with Crippen LogP contribution in [0.15, 0.2) is 18.2 Å². The lowest BCUT2D eigenvalue weighted by atomic mass is 10.1. The molecule has 1 aromatic rings. The molecule has 5 heteroatoms. The summed E-state index contributed by atoms with van der Waals surface area (Å²) in [5.41, 5.74) is 1.86. The van der Waals surface area contributed by atoms with E-state index in [4.69, 9.17) is 27.9 Å². The Morgan fingerprint density at radius 1 is 1.50 bits per heavy atom. The number of carbonyl (C=O) groups excluding carboxylic acids is 1. The maximum Gasteiger partial charge on any atom is 0.328 e. The van der Waals surface area contributed by atoms with Crippen molar-refractivity contribution in [1.29, 1.82) is 0 Å². The van der Waals surface area contributed by atoms with Crippen LogP contribution in [0.2, 0.25) is 5.02 Å². The minimum absolute atomic E-state index is 0.218. The molecule has 0 aliphatic heterocycles. The number of halogens is 2. The van der Waals surface area contributed by atoms with E-state index >= 15 is 0 Å². The molecule has 0 amide bonds. The van der Waals surface area contributed by atoms with Crippen LogP contribution in [0.25, 0.3) is 0 Å². The van der Waals surface area contributed by atoms with E-state index in [1.165, 1.54) is 0 Å². The van der Waals surface area contributed by atoms with E-state index < -0.39 is 6.04 Å². The van der Waals surface area contributed by atoms with Gasteiger partial charge < -0.3 is 10.1 Å². The van der Waals surface area contributed by atoms with Crippen LogP contribution in [0.5, 0.6) is 0 Å². The van der Waals surface area contributed by atoms with Gasteiger partial charge in [0.25, 0.3) is 0 Å². The van der Waals surface area contributed by atoms with Gasteiger partial charge in [-0.1, -0.05) is 30.7 Å². The number of para-hydroxylation sites is 1. The number of nitrogens with one attached hydrogen (secondary N) is 1. The van der Waals surface area contributed by atoms with Crippen molar-refractivity contribution >= 4 is 34.9 Å². The predicted molar refractivity (Wildman–Crippen MR) is 75.6 cm³/mol. The first kappa shape index (κ1) is 15.1. The molecular weight excluding hydrogens is 273 g/mol. The van der Waals surface area contributed by atoms with Gasteiger partial charge in [0.05, 0.1) is 16.6 Å². The molecule has 0 fully saturated rings. The second-order valence-electron chi connectivity index (χ2n) is 3.85. The number of ether oxygens (including phenoxy) is 1. The van der Waals surface area contributed by atoms with Crippen LogP contribution < -0.4 is 5.32 Å². The van der Waals surface area contributed by atoms with E-state index in [1.54, 1.807) is 13.0 Å². The molecule has 1 rings (SSSR count). The molecule has 1 aromatic carbocycles. The van der Waals surface area contributed by atoms with Crippen molar-refractivity contribution in [1.82, 2.24) is 0 Å². The van der Waals surface area contributed by atoms with Crippen LogP contribution in [0, 0.1) is 0 Å². The SMILES string of the molecule is CCc1cccc(Cl)c1N[C@@H](C)C(=O)OCCCl. The smallest absolute Gasteiger partial charge is 0.328 e. The number of benzene rings is 1. The fraction of sp³-hybridized carbons (Fsp3) is 0.462. The minimum Gasteiger partial charge on any atom is -0.463 e. The maximum absolute atomic E-state index is 11.6. The minimum atomic E-state index is -0.460. The average molecular weight is 290 g/mol. The van der Waals surface area contributed by atoms with E-state index in [1.807, 2.05) is 19.1 Å². The molecule has 0 spiro atoms. The zero-order valence-electron chi connectivity index (χ0n) is 10.5. The van der Waals surface area contributed by atoms with Crippen molar-refractivity contribution in [2.24, 2.45) is 0 Å². The molecule has 1 N–H and O–H groups in total. The fourth-order valence-corrected chi connectivity index (χ4v) is 1.89. The Hall–Kier alpha value is -0.930. The molecule has 0 radical (unpaired) electrons. The predicted octanol–water partition coefficient (Wildman–Crippen LogP) is 3.48. The van der Waals surface area contributed by atoms with Crippen LogP contribution in [-0.4, -0.2) is 24.5 Å². The van der Waals surface area contributed by atoms with Gasteiger partial charge >= 0.3 is 5.97 Å². The first-order valence-corrected chi connectivity index (χ1v) is 6.78. The van der Waals surface area contributed by atoms with Gasteiger partial charge in [-0.2, -0.15) is 0 Å².